The predicted octanol–water partition coefficient (Wildman–Crippen LogP) is 0.810. The number of fused-ring (bicyclic) bond motifs is 1. The second-order valence-electron chi connectivity index (χ2n) is 5.28. The molecule has 0 aliphatic rings. The van der Waals surface area contributed by atoms with Gasteiger partial charge < -0.3 is 15.3 Å². The maximum atomic E-state index is 12.1. The van der Waals surface area contributed by atoms with E-state index in [0.29, 0.717) is 12.1 Å². The van der Waals surface area contributed by atoms with Gasteiger partial charge in [-0.25, -0.2) is 0 Å². The number of phenolic OH excluding ortho intramolecular Hbond substituents is 1. The number of carbonyl (C=O) groups is 1. The topological polar surface area (TPSA) is 53.8 Å². The number of nitrogens with one attached hydrogen (secondary N) is 2. The van der Waals surface area contributed by atoms with E-state index >= 15 is 0 Å². The van der Waals surface area contributed by atoms with E-state index in [1.54, 1.807) is 12.1 Å². The number of phenols is 1. The zero-order valence-corrected chi connectivity index (χ0v) is 11.9. The van der Waals surface area contributed by atoms with Crippen molar-refractivity contribution in [2.75, 3.05) is 27.2 Å². The molecule has 0 radical (unpaired) electrons. The number of hydrogen-bond donors (Lipinski definition) is 3. The quantitative estimate of drug-likeness (QED) is 0.706. The minimum Gasteiger partial charge on any atom is -0.507 e. The van der Waals surface area contributed by atoms with Gasteiger partial charge in [0.1, 0.15) is 5.75 Å². The fraction of sp³-hybridized carbons (Fsp3) is 0.312. The molecule has 2 aromatic carbocycles. The fourth-order valence-corrected chi connectivity index (χ4v) is 2.15. The van der Waals surface area contributed by atoms with Crippen LogP contribution in [0.25, 0.3) is 10.8 Å². The zero-order chi connectivity index (χ0) is 14.5. The second-order valence-corrected chi connectivity index (χ2v) is 5.28. The molecular weight excluding hydrogens is 252 g/mol. The molecule has 0 atom stereocenters. The monoisotopic (exact) mass is 273 g/mol. The molecule has 0 spiro atoms. The van der Waals surface area contributed by atoms with Crippen molar-refractivity contribution >= 4 is 16.7 Å². The summed E-state index contributed by atoms with van der Waals surface area (Å²) in [6.07, 6.45) is 0.919. The van der Waals surface area contributed by atoms with Crippen molar-refractivity contribution in [1.82, 2.24) is 5.32 Å². The van der Waals surface area contributed by atoms with Crippen molar-refractivity contribution in [2.45, 2.75) is 6.42 Å². The third-order valence-corrected chi connectivity index (χ3v) is 3.25. The lowest BCUT2D eigenvalue weighted by molar-refractivity contribution is -0.858. The largest absolute Gasteiger partial charge is 0.507 e. The first-order valence-electron chi connectivity index (χ1n) is 6.87. The molecule has 3 N–H and O–H groups in total. The Bertz CT molecular complexity index is 608. The number of quaternary nitrogens is 1. The van der Waals surface area contributed by atoms with Crippen LogP contribution in [0.3, 0.4) is 0 Å². The molecule has 20 heavy (non-hydrogen) atoms. The summed E-state index contributed by atoms with van der Waals surface area (Å²) in [4.78, 5) is 13.4. The highest BCUT2D eigenvalue weighted by Crippen LogP contribution is 2.24. The predicted molar refractivity (Wildman–Crippen MR) is 80.2 cm³/mol. The number of aromatic hydroxyl groups is 1. The highest BCUT2D eigenvalue weighted by molar-refractivity contribution is 6.01. The van der Waals surface area contributed by atoms with Crippen LogP contribution in [0.4, 0.5) is 0 Å². The van der Waals surface area contributed by atoms with Crippen LogP contribution in [-0.4, -0.2) is 38.2 Å². The molecule has 2 aromatic rings. The van der Waals surface area contributed by atoms with Crippen molar-refractivity contribution < 1.29 is 14.8 Å². The summed E-state index contributed by atoms with van der Waals surface area (Å²) in [7, 11) is 4.16. The summed E-state index contributed by atoms with van der Waals surface area (Å²) in [5.41, 5.74) is 0.334. The second kappa shape index (κ2) is 6.39. The normalized spacial score (nSPS) is 10.9. The molecule has 4 heteroatoms. The number of rotatable bonds is 5. The SMILES string of the molecule is C[NH+](C)CCCNC(=O)c1cc2ccccc2cc1O. The Labute approximate surface area is 119 Å². The molecule has 0 heterocycles. The summed E-state index contributed by atoms with van der Waals surface area (Å²) in [5, 5.41) is 14.7. The minimum absolute atomic E-state index is 0.0273. The van der Waals surface area contributed by atoms with Gasteiger partial charge in [0.25, 0.3) is 5.91 Å². The van der Waals surface area contributed by atoms with Gasteiger partial charge in [-0.05, 0) is 22.9 Å². The first-order chi connectivity index (χ1) is 9.58. The molecular formula is C16H21N2O2+. The average Bonchev–Trinajstić information content (AvgIpc) is 2.42. The molecule has 1 amide bonds. The number of amides is 1. The van der Waals surface area contributed by atoms with Gasteiger partial charge in [-0.2, -0.15) is 0 Å². The molecule has 0 fully saturated rings. The molecule has 4 nitrogen and oxygen atoms in total. The average molecular weight is 273 g/mol. The van der Waals surface area contributed by atoms with Crippen LogP contribution >= 0.6 is 0 Å². The summed E-state index contributed by atoms with van der Waals surface area (Å²) in [6, 6.07) is 11.0. The van der Waals surface area contributed by atoms with Crippen LogP contribution in [0.15, 0.2) is 36.4 Å². The number of hydrogen-bond acceptors (Lipinski definition) is 2. The molecule has 0 aromatic heterocycles. The van der Waals surface area contributed by atoms with Gasteiger partial charge in [-0.3, -0.25) is 4.79 Å². The van der Waals surface area contributed by atoms with E-state index in [0.717, 1.165) is 23.7 Å². The molecule has 0 saturated heterocycles. The number of benzene rings is 2. The van der Waals surface area contributed by atoms with Gasteiger partial charge in [-0.1, -0.05) is 24.3 Å². The molecule has 0 bridgehead atoms. The number of carbonyl (C=O) groups excluding carboxylic acids is 1. The lowest BCUT2D eigenvalue weighted by Gasteiger charge is -2.10. The van der Waals surface area contributed by atoms with Crippen LogP contribution in [-0.2, 0) is 0 Å². The highest BCUT2D eigenvalue weighted by Gasteiger charge is 2.11. The van der Waals surface area contributed by atoms with E-state index in [2.05, 4.69) is 19.4 Å². The molecule has 0 unspecified atom stereocenters. The van der Waals surface area contributed by atoms with Gasteiger partial charge >= 0.3 is 0 Å². The van der Waals surface area contributed by atoms with E-state index in [4.69, 9.17) is 0 Å². The minimum atomic E-state index is -0.220. The Balaban J connectivity index is 2.07. The Morgan fingerprint density at radius 1 is 1.20 bits per heavy atom. The van der Waals surface area contributed by atoms with Gasteiger partial charge in [-0.15, -0.1) is 0 Å². The summed E-state index contributed by atoms with van der Waals surface area (Å²) in [5.74, 6) is -0.193. The van der Waals surface area contributed by atoms with E-state index in [1.165, 1.54) is 4.90 Å². The van der Waals surface area contributed by atoms with Crippen molar-refractivity contribution in [3.63, 3.8) is 0 Å². The van der Waals surface area contributed by atoms with Gasteiger partial charge in [0.2, 0.25) is 0 Å². The third kappa shape index (κ3) is 3.48. The molecule has 0 aliphatic carbocycles. The zero-order valence-electron chi connectivity index (χ0n) is 11.9. The van der Waals surface area contributed by atoms with Gasteiger partial charge in [0.05, 0.1) is 26.2 Å². The highest BCUT2D eigenvalue weighted by atomic mass is 16.3. The molecule has 106 valence electrons. The summed E-state index contributed by atoms with van der Waals surface area (Å²) >= 11 is 0. The Hall–Kier alpha value is -2.07. The van der Waals surface area contributed by atoms with Crippen LogP contribution < -0.4 is 10.2 Å². The smallest absolute Gasteiger partial charge is 0.255 e. The first-order valence-corrected chi connectivity index (χ1v) is 6.87. The van der Waals surface area contributed by atoms with E-state index in [-0.39, 0.29) is 11.7 Å². The van der Waals surface area contributed by atoms with Crippen molar-refractivity contribution in [1.29, 1.82) is 0 Å². The lowest BCUT2D eigenvalue weighted by Crippen LogP contribution is -3.05. The lowest BCUT2D eigenvalue weighted by atomic mass is 10.1. The Morgan fingerprint density at radius 3 is 2.50 bits per heavy atom. The van der Waals surface area contributed by atoms with Crippen LogP contribution in [0.1, 0.15) is 16.8 Å². The summed E-state index contributed by atoms with van der Waals surface area (Å²) < 4.78 is 0. The third-order valence-electron chi connectivity index (χ3n) is 3.25. The first kappa shape index (κ1) is 14.3. The van der Waals surface area contributed by atoms with Gasteiger partial charge in [0, 0.05) is 13.0 Å². The van der Waals surface area contributed by atoms with Gasteiger partial charge in [0.15, 0.2) is 0 Å². The van der Waals surface area contributed by atoms with E-state index < -0.39 is 0 Å². The standard InChI is InChI=1S/C16H20N2O2/c1-18(2)9-5-8-17-16(20)14-10-12-6-3-4-7-13(12)11-15(14)19/h3-4,6-7,10-11,19H,5,8-9H2,1-2H3,(H,17,20)/p+1. The molecule has 0 aliphatic heterocycles. The Kier molecular flexibility index (Phi) is 4.58. The maximum Gasteiger partial charge on any atom is 0.255 e. The van der Waals surface area contributed by atoms with E-state index in [1.807, 2.05) is 24.3 Å². The Morgan fingerprint density at radius 2 is 1.85 bits per heavy atom. The van der Waals surface area contributed by atoms with E-state index in [9.17, 15) is 9.90 Å². The molecule has 0 saturated carbocycles. The molecule has 2 rings (SSSR count). The van der Waals surface area contributed by atoms with Crippen LogP contribution in [0, 0.1) is 0 Å². The van der Waals surface area contributed by atoms with Crippen molar-refractivity contribution in [2.24, 2.45) is 0 Å². The summed E-state index contributed by atoms with van der Waals surface area (Å²) in [6.45, 7) is 1.63. The van der Waals surface area contributed by atoms with Crippen molar-refractivity contribution in [3.05, 3.63) is 42.0 Å². The van der Waals surface area contributed by atoms with Crippen LogP contribution in [0.2, 0.25) is 0 Å². The van der Waals surface area contributed by atoms with Crippen LogP contribution in [0.5, 0.6) is 5.75 Å². The maximum absolute atomic E-state index is 12.1. The fourth-order valence-electron chi connectivity index (χ4n) is 2.15. The van der Waals surface area contributed by atoms with Crippen molar-refractivity contribution in [3.8, 4) is 5.75 Å².